The second-order valence-electron chi connectivity index (χ2n) is 4.50. The third-order valence-corrected chi connectivity index (χ3v) is 3.07. The molecule has 0 saturated carbocycles. The van der Waals surface area contributed by atoms with Crippen LogP contribution in [0.25, 0.3) is 0 Å². The fourth-order valence-electron chi connectivity index (χ4n) is 1.94. The lowest BCUT2D eigenvalue weighted by atomic mass is 10.1. The smallest absolute Gasteiger partial charge is 0.219 e. The lowest BCUT2D eigenvalue weighted by Gasteiger charge is -2.04. The summed E-state index contributed by atoms with van der Waals surface area (Å²) in [4.78, 5) is 7.98. The van der Waals surface area contributed by atoms with Crippen molar-refractivity contribution in [3.63, 3.8) is 0 Å². The largest absolute Gasteiger partial charge is 0.497 e. The van der Waals surface area contributed by atoms with E-state index in [2.05, 4.69) is 22.1 Å². The number of hydrogen-bond donors (Lipinski definition) is 1. The van der Waals surface area contributed by atoms with Gasteiger partial charge in [-0.2, -0.15) is 0 Å². The zero-order chi connectivity index (χ0) is 13.5. The van der Waals surface area contributed by atoms with Gasteiger partial charge in [0, 0.05) is 12.4 Å². The third kappa shape index (κ3) is 4.25. The average Bonchev–Trinajstić information content (AvgIpc) is 2.46. The summed E-state index contributed by atoms with van der Waals surface area (Å²) in [6, 6.07) is 8.24. The number of nitrogens with zero attached hydrogens (tertiary/aromatic N) is 2. The molecule has 2 N–H and O–H groups in total. The minimum atomic E-state index is 0.335. The van der Waals surface area contributed by atoms with Gasteiger partial charge in [-0.25, -0.2) is 9.97 Å². The number of ether oxygens (including phenoxy) is 1. The number of rotatable bonds is 6. The molecule has 0 aliphatic heterocycles. The summed E-state index contributed by atoms with van der Waals surface area (Å²) in [7, 11) is 1.68. The van der Waals surface area contributed by atoms with Crippen LogP contribution >= 0.6 is 0 Å². The average molecular weight is 257 g/mol. The summed E-state index contributed by atoms with van der Waals surface area (Å²) >= 11 is 0. The van der Waals surface area contributed by atoms with Gasteiger partial charge in [-0.1, -0.05) is 12.1 Å². The van der Waals surface area contributed by atoms with E-state index in [1.54, 1.807) is 19.5 Å². The Balaban J connectivity index is 1.72. The first-order valence-corrected chi connectivity index (χ1v) is 6.47. The molecule has 0 amide bonds. The molecule has 2 aromatic rings. The minimum absolute atomic E-state index is 0.335. The molecule has 0 unspecified atom stereocenters. The van der Waals surface area contributed by atoms with Gasteiger partial charge in [0.05, 0.1) is 7.11 Å². The number of hydrogen-bond acceptors (Lipinski definition) is 4. The summed E-state index contributed by atoms with van der Waals surface area (Å²) in [6.45, 7) is 0. The second-order valence-corrected chi connectivity index (χ2v) is 4.50. The van der Waals surface area contributed by atoms with Crippen molar-refractivity contribution in [1.82, 2.24) is 9.97 Å². The first kappa shape index (κ1) is 13.3. The minimum Gasteiger partial charge on any atom is -0.497 e. The summed E-state index contributed by atoms with van der Waals surface area (Å²) in [5.41, 5.74) is 7.93. The van der Waals surface area contributed by atoms with Crippen LogP contribution in [0.4, 0.5) is 5.95 Å². The van der Waals surface area contributed by atoms with Crippen LogP contribution in [0.2, 0.25) is 0 Å². The molecule has 1 heterocycles. The van der Waals surface area contributed by atoms with E-state index in [4.69, 9.17) is 10.5 Å². The van der Waals surface area contributed by atoms with Gasteiger partial charge in [0.1, 0.15) is 5.75 Å². The van der Waals surface area contributed by atoms with Gasteiger partial charge in [0.25, 0.3) is 0 Å². The van der Waals surface area contributed by atoms with E-state index in [1.165, 1.54) is 5.56 Å². The van der Waals surface area contributed by atoms with Crippen LogP contribution in [0.15, 0.2) is 36.7 Å². The highest BCUT2D eigenvalue weighted by atomic mass is 16.5. The Hall–Kier alpha value is -2.10. The molecule has 1 aromatic heterocycles. The van der Waals surface area contributed by atoms with Crippen LogP contribution in [0.3, 0.4) is 0 Å². The maximum Gasteiger partial charge on any atom is 0.219 e. The van der Waals surface area contributed by atoms with Crippen LogP contribution in [-0.2, 0) is 12.8 Å². The highest BCUT2D eigenvalue weighted by Crippen LogP contribution is 2.14. The van der Waals surface area contributed by atoms with Gasteiger partial charge < -0.3 is 10.5 Å². The lowest BCUT2D eigenvalue weighted by molar-refractivity contribution is 0.414. The third-order valence-electron chi connectivity index (χ3n) is 3.07. The molecule has 0 aliphatic rings. The first-order valence-electron chi connectivity index (χ1n) is 6.47. The summed E-state index contributed by atoms with van der Waals surface area (Å²) in [5.74, 6) is 1.24. The fourth-order valence-corrected chi connectivity index (χ4v) is 1.94. The predicted octanol–water partition coefficient (Wildman–Crippen LogP) is 2.63. The number of aryl methyl sites for hydroxylation is 2. The number of benzene rings is 1. The lowest BCUT2D eigenvalue weighted by Crippen LogP contribution is -1.96. The number of anilines is 1. The van der Waals surface area contributed by atoms with E-state index in [9.17, 15) is 0 Å². The molecule has 0 bridgehead atoms. The molecule has 4 nitrogen and oxygen atoms in total. The number of aromatic nitrogens is 2. The Morgan fingerprint density at radius 2 is 1.53 bits per heavy atom. The van der Waals surface area contributed by atoms with Crippen molar-refractivity contribution in [1.29, 1.82) is 0 Å². The van der Waals surface area contributed by atoms with E-state index in [-0.39, 0.29) is 0 Å². The molecule has 0 spiro atoms. The Kier molecular flexibility index (Phi) is 4.72. The molecule has 2 rings (SSSR count). The van der Waals surface area contributed by atoms with Gasteiger partial charge in [-0.15, -0.1) is 0 Å². The molecule has 4 heteroatoms. The molecule has 0 aliphatic carbocycles. The molecular formula is C15H19N3O. The van der Waals surface area contributed by atoms with Crippen LogP contribution in [-0.4, -0.2) is 17.1 Å². The molecular weight excluding hydrogens is 238 g/mol. The molecule has 0 saturated heterocycles. The van der Waals surface area contributed by atoms with Crippen molar-refractivity contribution >= 4 is 5.95 Å². The van der Waals surface area contributed by atoms with Gasteiger partial charge in [-0.3, -0.25) is 0 Å². The molecule has 100 valence electrons. The van der Waals surface area contributed by atoms with Crippen LogP contribution < -0.4 is 10.5 Å². The van der Waals surface area contributed by atoms with Crippen LogP contribution in [0.5, 0.6) is 5.75 Å². The molecule has 0 atom stereocenters. The number of methoxy groups -OCH3 is 1. The number of unbranched alkanes of at least 4 members (excludes halogenated alkanes) is 1. The van der Waals surface area contributed by atoms with Crippen LogP contribution in [0, 0.1) is 0 Å². The van der Waals surface area contributed by atoms with E-state index >= 15 is 0 Å². The predicted molar refractivity (Wildman–Crippen MR) is 76.1 cm³/mol. The van der Waals surface area contributed by atoms with Crippen molar-refractivity contribution in [2.75, 3.05) is 12.8 Å². The SMILES string of the molecule is COc1ccc(CCCCc2cnc(N)nc2)cc1. The Morgan fingerprint density at radius 1 is 0.947 bits per heavy atom. The molecule has 0 radical (unpaired) electrons. The zero-order valence-corrected chi connectivity index (χ0v) is 11.2. The normalized spacial score (nSPS) is 10.4. The highest BCUT2D eigenvalue weighted by molar-refractivity contribution is 5.27. The maximum atomic E-state index is 5.45. The van der Waals surface area contributed by atoms with Gasteiger partial charge in [0.15, 0.2) is 0 Å². The number of nitrogens with two attached hydrogens (primary N) is 1. The van der Waals surface area contributed by atoms with Crippen molar-refractivity contribution in [3.8, 4) is 5.75 Å². The highest BCUT2D eigenvalue weighted by Gasteiger charge is 1.98. The summed E-state index contributed by atoms with van der Waals surface area (Å²) < 4.78 is 5.14. The molecule has 1 aromatic carbocycles. The Morgan fingerprint density at radius 3 is 2.11 bits per heavy atom. The van der Waals surface area contributed by atoms with Crippen molar-refractivity contribution < 1.29 is 4.74 Å². The molecule has 0 fully saturated rings. The first-order chi connectivity index (χ1) is 9.28. The maximum absolute atomic E-state index is 5.45. The van der Waals surface area contributed by atoms with Gasteiger partial charge >= 0.3 is 0 Å². The van der Waals surface area contributed by atoms with Crippen molar-refractivity contribution in [2.24, 2.45) is 0 Å². The zero-order valence-electron chi connectivity index (χ0n) is 11.2. The van der Waals surface area contributed by atoms with E-state index in [1.807, 2.05) is 12.1 Å². The Bertz CT molecular complexity index is 494. The fraction of sp³-hybridized carbons (Fsp3) is 0.333. The second kappa shape index (κ2) is 6.73. The summed E-state index contributed by atoms with van der Waals surface area (Å²) in [5, 5.41) is 0. The number of nitrogen functional groups attached to an aromatic ring is 1. The Labute approximate surface area is 113 Å². The van der Waals surface area contributed by atoms with Crippen molar-refractivity contribution in [2.45, 2.75) is 25.7 Å². The van der Waals surface area contributed by atoms with E-state index in [0.717, 1.165) is 37.0 Å². The monoisotopic (exact) mass is 257 g/mol. The summed E-state index contributed by atoms with van der Waals surface area (Å²) in [6.07, 6.45) is 7.96. The van der Waals surface area contributed by atoms with Crippen molar-refractivity contribution in [3.05, 3.63) is 47.8 Å². The van der Waals surface area contributed by atoms with E-state index in [0.29, 0.717) is 5.95 Å². The van der Waals surface area contributed by atoms with Crippen LogP contribution in [0.1, 0.15) is 24.0 Å². The quantitative estimate of drug-likeness (QED) is 0.808. The van der Waals surface area contributed by atoms with Gasteiger partial charge in [0.2, 0.25) is 5.95 Å². The topological polar surface area (TPSA) is 61.0 Å². The standard InChI is InChI=1S/C15H19N3O/c1-19-14-8-6-12(7-9-14)4-2-3-5-13-10-17-15(16)18-11-13/h6-11H,2-5H2,1H3,(H2,16,17,18). The van der Waals surface area contributed by atoms with E-state index < -0.39 is 0 Å². The molecule has 19 heavy (non-hydrogen) atoms. The van der Waals surface area contributed by atoms with Gasteiger partial charge in [-0.05, 0) is 48.9 Å².